The summed E-state index contributed by atoms with van der Waals surface area (Å²) in [5.74, 6) is 0.863. The summed E-state index contributed by atoms with van der Waals surface area (Å²) >= 11 is 0. The Labute approximate surface area is 155 Å². The number of carbonyl (C=O) groups is 2. The van der Waals surface area contributed by atoms with Crippen LogP contribution in [0.15, 0.2) is 18.2 Å². The predicted octanol–water partition coefficient (Wildman–Crippen LogP) is 2.99. The second kappa shape index (κ2) is 9.46. The number of carboxylic acid groups (broad SMARTS) is 1. The van der Waals surface area contributed by atoms with Crippen molar-refractivity contribution >= 4 is 11.9 Å². The standard InChI is InChI=1S/C20H29NO5/c1-14(11-16-6-8-17(25-2)18(12-16)26-3)20(24)21-10-4-5-15(13-21)7-9-19(22)23/h6,8,12,14-15H,4-5,7,9-11,13H2,1-3H3,(H,22,23). The summed E-state index contributed by atoms with van der Waals surface area (Å²) in [5.41, 5.74) is 1.03. The lowest BCUT2D eigenvalue weighted by atomic mass is 9.91. The summed E-state index contributed by atoms with van der Waals surface area (Å²) in [5, 5.41) is 8.85. The fourth-order valence-electron chi connectivity index (χ4n) is 3.59. The van der Waals surface area contributed by atoms with Gasteiger partial charge in [0.05, 0.1) is 14.2 Å². The summed E-state index contributed by atoms with van der Waals surface area (Å²) in [7, 11) is 3.20. The van der Waals surface area contributed by atoms with Crippen molar-refractivity contribution in [3.05, 3.63) is 23.8 Å². The van der Waals surface area contributed by atoms with E-state index in [1.807, 2.05) is 30.0 Å². The number of carboxylic acids is 1. The van der Waals surface area contributed by atoms with Gasteiger partial charge in [0.1, 0.15) is 0 Å². The van der Waals surface area contributed by atoms with Gasteiger partial charge in [0.15, 0.2) is 11.5 Å². The lowest BCUT2D eigenvalue weighted by Gasteiger charge is -2.34. The number of rotatable bonds is 8. The molecule has 1 aromatic rings. The number of nitrogens with zero attached hydrogens (tertiary/aromatic N) is 1. The summed E-state index contributed by atoms with van der Waals surface area (Å²) in [4.78, 5) is 25.5. The van der Waals surface area contributed by atoms with E-state index in [2.05, 4.69) is 0 Å². The Morgan fingerprint density at radius 3 is 2.65 bits per heavy atom. The van der Waals surface area contributed by atoms with E-state index < -0.39 is 5.97 Å². The van der Waals surface area contributed by atoms with Crippen LogP contribution in [0.4, 0.5) is 0 Å². The van der Waals surface area contributed by atoms with Gasteiger partial charge in [-0.05, 0) is 49.3 Å². The van der Waals surface area contributed by atoms with Crippen molar-refractivity contribution < 1.29 is 24.2 Å². The van der Waals surface area contributed by atoms with Gasteiger partial charge in [0.25, 0.3) is 0 Å². The van der Waals surface area contributed by atoms with Crippen molar-refractivity contribution in [2.45, 2.75) is 39.0 Å². The highest BCUT2D eigenvalue weighted by Gasteiger charge is 2.27. The number of methoxy groups -OCH3 is 2. The fourth-order valence-corrected chi connectivity index (χ4v) is 3.59. The van der Waals surface area contributed by atoms with Crippen LogP contribution in [0, 0.1) is 11.8 Å². The number of hydrogen-bond donors (Lipinski definition) is 1. The highest BCUT2D eigenvalue weighted by Crippen LogP contribution is 2.29. The van der Waals surface area contributed by atoms with Crippen molar-refractivity contribution in [1.82, 2.24) is 4.90 Å². The molecule has 2 atom stereocenters. The SMILES string of the molecule is COc1ccc(CC(C)C(=O)N2CCCC(CCC(=O)O)C2)cc1OC. The highest BCUT2D eigenvalue weighted by molar-refractivity contribution is 5.79. The van der Waals surface area contributed by atoms with Gasteiger partial charge in [-0.15, -0.1) is 0 Å². The largest absolute Gasteiger partial charge is 0.493 e. The van der Waals surface area contributed by atoms with Gasteiger partial charge in [-0.2, -0.15) is 0 Å². The lowest BCUT2D eigenvalue weighted by Crippen LogP contribution is -2.43. The molecule has 26 heavy (non-hydrogen) atoms. The van der Waals surface area contributed by atoms with E-state index in [0.717, 1.165) is 24.9 Å². The van der Waals surface area contributed by atoms with Crippen molar-refractivity contribution in [2.75, 3.05) is 27.3 Å². The first-order valence-electron chi connectivity index (χ1n) is 9.16. The quantitative estimate of drug-likeness (QED) is 0.768. The Hall–Kier alpha value is -2.24. The first-order valence-corrected chi connectivity index (χ1v) is 9.16. The van der Waals surface area contributed by atoms with Crippen LogP contribution in [0.25, 0.3) is 0 Å². The molecule has 0 spiro atoms. The third kappa shape index (κ3) is 5.38. The minimum Gasteiger partial charge on any atom is -0.493 e. The Morgan fingerprint density at radius 2 is 2.00 bits per heavy atom. The molecular formula is C20H29NO5. The average molecular weight is 363 g/mol. The number of piperidine rings is 1. The molecule has 2 unspecified atom stereocenters. The molecule has 0 radical (unpaired) electrons. The van der Waals surface area contributed by atoms with E-state index in [1.165, 1.54) is 0 Å². The molecule has 1 fully saturated rings. The molecule has 1 amide bonds. The van der Waals surface area contributed by atoms with E-state index in [0.29, 0.717) is 30.9 Å². The molecule has 1 aromatic carbocycles. The van der Waals surface area contributed by atoms with Crippen LogP contribution in [0.3, 0.4) is 0 Å². The van der Waals surface area contributed by atoms with E-state index in [4.69, 9.17) is 14.6 Å². The second-order valence-corrected chi connectivity index (χ2v) is 7.02. The number of carbonyl (C=O) groups excluding carboxylic acids is 1. The molecule has 144 valence electrons. The molecule has 2 rings (SSSR count). The molecule has 0 aliphatic carbocycles. The summed E-state index contributed by atoms with van der Waals surface area (Å²) < 4.78 is 10.6. The van der Waals surface area contributed by atoms with E-state index in [1.54, 1.807) is 14.2 Å². The van der Waals surface area contributed by atoms with Gasteiger partial charge >= 0.3 is 5.97 Å². The molecule has 1 aliphatic rings. The van der Waals surface area contributed by atoms with Crippen LogP contribution in [0.1, 0.15) is 38.2 Å². The molecule has 6 heteroatoms. The molecule has 1 N–H and O–H groups in total. The zero-order chi connectivity index (χ0) is 19.1. The maximum absolute atomic E-state index is 12.8. The third-order valence-electron chi connectivity index (χ3n) is 5.01. The van der Waals surface area contributed by atoms with Gasteiger partial charge in [-0.3, -0.25) is 9.59 Å². The Balaban J connectivity index is 1.95. The molecule has 0 aromatic heterocycles. The van der Waals surface area contributed by atoms with Crippen LogP contribution in [-0.2, 0) is 16.0 Å². The number of amides is 1. The van der Waals surface area contributed by atoms with Crippen LogP contribution >= 0.6 is 0 Å². The molecule has 6 nitrogen and oxygen atoms in total. The van der Waals surface area contributed by atoms with Crippen LogP contribution in [0.2, 0.25) is 0 Å². The highest BCUT2D eigenvalue weighted by atomic mass is 16.5. The average Bonchev–Trinajstić information content (AvgIpc) is 2.65. The normalized spacial score (nSPS) is 18.3. The first-order chi connectivity index (χ1) is 12.4. The molecule has 1 saturated heterocycles. The van der Waals surface area contributed by atoms with Crippen LogP contribution in [0.5, 0.6) is 11.5 Å². The third-order valence-corrected chi connectivity index (χ3v) is 5.01. The van der Waals surface area contributed by atoms with Gasteiger partial charge in [-0.25, -0.2) is 0 Å². The molecule has 1 aliphatic heterocycles. The lowest BCUT2D eigenvalue weighted by molar-refractivity contribution is -0.137. The zero-order valence-corrected chi connectivity index (χ0v) is 15.9. The molecule has 0 saturated carbocycles. The van der Waals surface area contributed by atoms with Crippen molar-refractivity contribution in [3.8, 4) is 11.5 Å². The van der Waals surface area contributed by atoms with Gasteiger partial charge in [0.2, 0.25) is 5.91 Å². The maximum Gasteiger partial charge on any atom is 0.303 e. The smallest absolute Gasteiger partial charge is 0.303 e. The Kier molecular flexibility index (Phi) is 7.30. The monoisotopic (exact) mass is 363 g/mol. The summed E-state index contributed by atoms with van der Waals surface area (Å²) in [6.07, 6.45) is 3.40. The van der Waals surface area contributed by atoms with Gasteiger partial charge in [0, 0.05) is 25.4 Å². The predicted molar refractivity (Wildman–Crippen MR) is 98.6 cm³/mol. The Morgan fingerprint density at radius 1 is 1.27 bits per heavy atom. The maximum atomic E-state index is 12.8. The first kappa shape index (κ1) is 20.1. The number of ether oxygens (including phenoxy) is 2. The van der Waals surface area contributed by atoms with Gasteiger partial charge in [-0.1, -0.05) is 13.0 Å². The van der Waals surface area contributed by atoms with Crippen molar-refractivity contribution in [3.63, 3.8) is 0 Å². The van der Waals surface area contributed by atoms with Crippen LogP contribution < -0.4 is 9.47 Å². The van der Waals surface area contributed by atoms with Crippen molar-refractivity contribution in [2.24, 2.45) is 11.8 Å². The number of hydrogen-bond acceptors (Lipinski definition) is 4. The molecular weight excluding hydrogens is 334 g/mol. The van der Waals surface area contributed by atoms with Crippen molar-refractivity contribution in [1.29, 1.82) is 0 Å². The topological polar surface area (TPSA) is 76.1 Å². The number of benzene rings is 1. The van der Waals surface area contributed by atoms with Crippen LogP contribution in [-0.4, -0.2) is 49.2 Å². The minimum absolute atomic E-state index is 0.133. The zero-order valence-electron chi connectivity index (χ0n) is 15.9. The summed E-state index contributed by atoms with van der Waals surface area (Å²) in [6, 6.07) is 5.72. The second-order valence-electron chi connectivity index (χ2n) is 7.02. The fraction of sp³-hybridized carbons (Fsp3) is 0.600. The molecule has 1 heterocycles. The Bertz CT molecular complexity index is 631. The van der Waals surface area contributed by atoms with E-state index in [-0.39, 0.29) is 24.2 Å². The molecule has 0 bridgehead atoms. The van der Waals surface area contributed by atoms with E-state index >= 15 is 0 Å². The number of aliphatic carboxylic acids is 1. The summed E-state index contributed by atoms with van der Waals surface area (Å²) in [6.45, 7) is 3.38. The van der Waals surface area contributed by atoms with Gasteiger partial charge < -0.3 is 19.5 Å². The minimum atomic E-state index is -0.768. The number of likely N-dealkylation sites (tertiary alicyclic amines) is 1. The van der Waals surface area contributed by atoms with E-state index in [9.17, 15) is 9.59 Å².